The van der Waals surface area contributed by atoms with E-state index < -0.39 is 18.6 Å². The molecule has 0 unspecified atom stereocenters. The van der Waals surface area contributed by atoms with Gasteiger partial charge in [-0.15, -0.1) is 0 Å². The summed E-state index contributed by atoms with van der Waals surface area (Å²) in [5, 5.41) is 13.8. The number of hydrogen-bond acceptors (Lipinski definition) is 5. The quantitative estimate of drug-likeness (QED) is 0.198. The summed E-state index contributed by atoms with van der Waals surface area (Å²) < 4.78 is 23.7. The number of amidine groups is 1. The van der Waals surface area contributed by atoms with Crippen LogP contribution in [0.3, 0.4) is 0 Å². The van der Waals surface area contributed by atoms with E-state index in [0.29, 0.717) is 41.8 Å². The van der Waals surface area contributed by atoms with E-state index in [1.807, 2.05) is 0 Å². The first-order chi connectivity index (χ1) is 15.9. The molecule has 0 saturated carbocycles. The lowest BCUT2D eigenvalue weighted by molar-refractivity contribution is 0.0924. The average molecular weight is 493 g/mol. The van der Waals surface area contributed by atoms with Crippen molar-refractivity contribution in [3.63, 3.8) is 0 Å². The molecule has 3 rings (SSSR count). The normalized spacial score (nSPS) is 11.6. The molecule has 10 heteroatoms. The molecule has 1 heterocycles. The maximum Gasteiger partial charge on any atom is 0.257 e. The highest BCUT2D eigenvalue weighted by molar-refractivity contribution is 6.34. The topological polar surface area (TPSA) is 100 Å². The smallest absolute Gasteiger partial charge is 0.257 e. The van der Waals surface area contributed by atoms with E-state index in [9.17, 15) is 9.18 Å². The molecule has 0 aliphatic heterocycles. The lowest BCUT2D eigenvalue weighted by Gasteiger charge is -2.18. The molecule has 0 radical (unpaired) electrons. The fraction of sp³-hybridized carbons (Fsp3) is 0.261. The molecule has 2 aromatic carbocycles. The average Bonchev–Trinajstić information content (AvgIpc) is 3.31. The van der Waals surface area contributed by atoms with Crippen LogP contribution in [0, 0.1) is 5.41 Å². The van der Waals surface area contributed by atoms with Gasteiger partial charge in [-0.3, -0.25) is 10.2 Å². The maximum atomic E-state index is 13.1. The number of carbonyl (C=O) groups excluding carboxylic acids is 1. The van der Waals surface area contributed by atoms with Crippen molar-refractivity contribution in [3.8, 4) is 17.1 Å². The fourth-order valence-corrected chi connectivity index (χ4v) is 3.55. The Morgan fingerprint density at radius 1 is 1.24 bits per heavy atom. The Morgan fingerprint density at radius 3 is 2.70 bits per heavy atom. The van der Waals surface area contributed by atoms with Gasteiger partial charge in [0.2, 0.25) is 5.89 Å². The van der Waals surface area contributed by atoms with Crippen LogP contribution in [0.15, 0.2) is 53.1 Å². The zero-order valence-electron chi connectivity index (χ0n) is 17.8. The number of methoxy groups -OCH3 is 1. The van der Waals surface area contributed by atoms with Crippen molar-refractivity contribution in [1.82, 2.24) is 15.6 Å². The Kier molecular flexibility index (Phi) is 8.68. The van der Waals surface area contributed by atoms with Crippen molar-refractivity contribution in [2.45, 2.75) is 18.9 Å². The second kappa shape index (κ2) is 11.7. The lowest BCUT2D eigenvalue weighted by atomic mass is 10.1. The van der Waals surface area contributed by atoms with Gasteiger partial charge in [0.15, 0.2) is 5.76 Å². The molecule has 0 aliphatic rings. The van der Waals surface area contributed by atoms with Crippen molar-refractivity contribution in [2.75, 3.05) is 20.3 Å². The molecular weight excluding hydrogens is 470 g/mol. The largest absolute Gasteiger partial charge is 0.496 e. The Bertz CT molecular complexity index is 1110. The van der Waals surface area contributed by atoms with Gasteiger partial charge in [0.05, 0.1) is 23.9 Å². The van der Waals surface area contributed by atoms with Gasteiger partial charge in [-0.2, -0.15) is 0 Å². The van der Waals surface area contributed by atoms with Crippen molar-refractivity contribution in [1.29, 1.82) is 5.41 Å². The predicted molar refractivity (Wildman–Crippen MR) is 126 cm³/mol. The van der Waals surface area contributed by atoms with Gasteiger partial charge in [0.1, 0.15) is 24.3 Å². The summed E-state index contributed by atoms with van der Waals surface area (Å²) in [5.74, 6) is 0.523. The molecule has 3 N–H and O–H groups in total. The number of hydrogen-bond donors (Lipinski definition) is 3. The van der Waals surface area contributed by atoms with Gasteiger partial charge in [-0.05, 0) is 49.2 Å². The number of nitrogens with one attached hydrogen (secondary N) is 3. The summed E-state index contributed by atoms with van der Waals surface area (Å²) in [7, 11) is 1.46. The van der Waals surface area contributed by atoms with E-state index in [2.05, 4.69) is 15.6 Å². The predicted octanol–water partition coefficient (Wildman–Crippen LogP) is 5.44. The first kappa shape index (κ1) is 24.5. The highest BCUT2D eigenvalue weighted by Gasteiger charge is 2.24. The van der Waals surface area contributed by atoms with E-state index in [4.69, 9.17) is 37.8 Å². The number of rotatable bonds is 10. The van der Waals surface area contributed by atoms with E-state index in [1.54, 1.807) is 48.7 Å². The van der Waals surface area contributed by atoms with Crippen LogP contribution in [0.4, 0.5) is 4.39 Å². The van der Waals surface area contributed by atoms with Gasteiger partial charge in [-0.25, -0.2) is 9.37 Å². The van der Waals surface area contributed by atoms with Crippen LogP contribution < -0.4 is 15.4 Å². The van der Waals surface area contributed by atoms with Crippen LogP contribution in [0.1, 0.15) is 35.1 Å². The Balaban J connectivity index is 1.81. The molecule has 3 aromatic rings. The molecule has 0 bridgehead atoms. The molecule has 0 aliphatic carbocycles. The van der Waals surface area contributed by atoms with E-state index in [0.717, 1.165) is 5.56 Å². The van der Waals surface area contributed by atoms with Crippen LogP contribution in [0.5, 0.6) is 5.75 Å². The van der Waals surface area contributed by atoms with E-state index in [1.165, 1.54) is 7.11 Å². The van der Waals surface area contributed by atoms with Gasteiger partial charge in [0, 0.05) is 17.1 Å². The minimum absolute atomic E-state index is 0.197. The minimum atomic E-state index is -0.864. The van der Waals surface area contributed by atoms with Crippen LogP contribution in [0.25, 0.3) is 11.3 Å². The number of alkyl halides is 1. The second-order valence-electron chi connectivity index (χ2n) is 7.09. The second-order valence-corrected chi connectivity index (χ2v) is 7.94. The summed E-state index contributed by atoms with van der Waals surface area (Å²) in [6.45, 7) is -0.508. The standard InChI is InChI=1S/C23H23Cl2FN4O3/c1-32-18-6-2-4-16(25)21(18)22(31)30-17(5-3-11-28-20(27)12-26)23-29-13-19(33-23)14-7-9-15(24)10-8-14/h2,4,6-10,13,17H,3,5,11-12H2,1H3,(H2,27,28)(H,30,31)/t17-/m0/s1. The Labute approximate surface area is 200 Å². The number of oxazole rings is 1. The Morgan fingerprint density at radius 2 is 2.00 bits per heavy atom. The number of benzene rings is 2. The number of nitrogens with zero attached hydrogens (tertiary/aromatic N) is 1. The van der Waals surface area contributed by atoms with Crippen molar-refractivity contribution in [2.24, 2.45) is 0 Å². The number of halogens is 3. The molecule has 0 saturated heterocycles. The molecule has 0 spiro atoms. The van der Waals surface area contributed by atoms with Crippen LogP contribution in [-0.2, 0) is 0 Å². The summed E-state index contributed by atoms with van der Waals surface area (Å²) in [5.41, 5.74) is 0.988. The maximum absolute atomic E-state index is 13.1. The van der Waals surface area contributed by atoms with Crippen molar-refractivity contribution < 1.29 is 18.3 Å². The third-order valence-electron chi connectivity index (χ3n) is 4.82. The number of aromatic nitrogens is 1. The monoisotopic (exact) mass is 492 g/mol. The zero-order valence-corrected chi connectivity index (χ0v) is 19.3. The Hall–Kier alpha value is -3.10. The van der Waals surface area contributed by atoms with Crippen LogP contribution in [-0.4, -0.2) is 37.1 Å². The molecule has 0 fully saturated rings. The molecular formula is C23H23Cl2FN4O3. The van der Waals surface area contributed by atoms with Crippen LogP contribution >= 0.6 is 23.2 Å². The molecule has 7 nitrogen and oxygen atoms in total. The summed E-state index contributed by atoms with van der Waals surface area (Å²) in [4.78, 5) is 17.4. The van der Waals surface area contributed by atoms with Crippen molar-refractivity contribution in [3.05, 3.63) is 70.2 Å². The summed E-state index contributed by atoms with van der Waals surface area (Å²) in [6.07, 6.45) is 2.52. The third kappa shape index (κ3) is 6.46. The number of ether oxygens (including phenoxy) is 1. The number of carbonyl (C=O) groups is 1. The van der Waals surface area contributed by atoms with Gasteiger partial charge in [-0.1, -0.05) is 29.3 Å². The molecule has 1 atom stereocenters. The first-order valence-corrected chi connectivity index (χ1v) is 10.9. The highest BCUT2D eigenvalue weighted by atomic mass is 35.5. The van der Waals surface area contributed by atoms with Crippen molar-refractivity contribution >= 4 is 34.9 Å². The minimum Gasteiger partial charge on any atom is -0.496 e. The van der Waals surface area contributed by atoms with Gasteiger partial charge >= 0.3 is 0 Å². The molecule has 33 heavy (non-hydrogen) atoms. The summed E-state index contributed by atoms with van der Waals surface area (Å²) >= 11 is 12.2. The first-order valence-electron chi connectivity index (χ1n) is 10.1. The van der Waals surface area contributed by atoms with Crippen LogP contribution in [0.2, 0.25) is 10.0 Å². The zero-order chi connectivity index (χ0) is 23.8. The fourth-order valence-electron chi connectivity index (χ4n) is 3.17. The third-order valence-corrected chi connectivity index (χ3v) is 5.39. The SMILES string of the molecule is COc1cccc(Cl)c1C(=O)N[C@@H](CCCNC(=N)CF)c1ncc(-c2ccc(Cl)cc2)o1. The van der Waals surface area contributed by atoms with E-state index >= 15 is 0 Å². The van der Waals surface area contributed by atoms with Gasteiger partial charge < -0.3 is 19.8 Å². The van der Waals surface area contributed by atoms with E-state index in [-0.39, 0.29) is 16.4 Å². The van der Waals surface area contributed by atoms with Gasteiger partial charge in [0.25, 0.3) is 5.91 Å². The molecule has 174 valence electrons. The highest BCUT2D eigenvalue weighted by Crippen LogP contribution is 2.29. The molecule has 1 amide bonds. The number of amides is 1. The lowest BCUT2D eigenvalue weighted by Crippen LogP contribution is -2.31. The summed E-state index contributed by atoms with van der Waals surface area (Å²) in [6, 6.07) is 11.4. The molecule has 1 aromatic heterocycles.